The van der Waals surface area contributed by atoms with Crippen LogP contribution in [0.15, 0.2) is 84.0 Å². The Kier molecular flexibility index (Phi) is 6.63. The number of aryl methyl sites for hydroxylation is 1. The highest BCUT2D eigenvalue weighted by Gasteiger charge is 2.10. The summed E-state index contributed by atoms with van der Waals surface area (Å²) in [5, 5.41) is 11.7. The lowest BCUT2D eigenvalue weighted by Gasteiger charge is -2.07. The van der Waals surface area contributed by atoms with Gasteiger partial charge in [-0.3, -0.25) is 9.89 Å². The van der Waals surface area contributed by atoms with Crippen LogP contribution in [-0.2, 0) is 6.61 Å². The number of ether oxygens (including phenoxy) is 1. The minimum atomic E-state index is -0.366. The average Bonchev–Trinajstić information content (AvgIpc) is 3.31. The van der Waals surface area contributed by atoms with Gasteiger partial charge in [-0.25, -0.2) is 5.43 Å². The Labute approximate surface area is 190 Å². The third-order valence-corrected chi connectivity index (χ3v) is 5.00. The molecule has 4 rings (SSSR count). The fourth-order valence-corrected chi connectivity index (χ4v) is 3.06. The molecule has 0 saturated carbocycles. The zero-order chi connectivity index (χ0) is 22.3. The molecule has 0 aliphatic carbocycles. The summed E-state index contributed by atoms with van der Waals surface area (Å²) in [6, 6.07) is 24.6. The van der Waals surface area contributed by atoms with Crippen LogP contribution in [0.3, 0.4) is 0 Å². The maximum atomic E-state index is 12.3. The number of nitrogens with zero attached hydrogens (tertiary/aromatic N) is 2. The van der Waals surface area contributed by atoms with Crippen LogP contribution in [0.4, 0.5) is 0 Å². The van der Waals surface area contributed by atoms with Gasteiger partial charge >= 0.3 is 0 Å². The summed E-state index contributed by atoms with van der Waals surface area (Å²) >= 11 is 5.90. The Bertz CT molecular complexity index is 1210. The van der Waals surface area contributed by atoms with Crippen molar-refractivity contribution < 1.29 is 9.53 Å². The molecule has 7 heteroatoms. The third-order valence-electron chi connectivity index (χ3n) is 4.75. The van der Waals surface area contributed by atoms with Gasteiger partial charge in [-0.15, -0.1) is 0 Å². The van der Waals surface area contributed by atoms with Gasteiger partial charge in [0.1, 0.15) is 18.1 Å². The summed E-state index contributed by atoms with van der Waals surface area (Å²) in [5.74, 6) is 0.373. The number of aromatic amines is 1. The van der Waals surface area contributed by atoms with Crippen LogP contribution in [0.2, 0.25) is 5.02 Å². The number of hydrogen-bond donors (Lipinski definition) is 2. The number of H-pyrrole nitrogens is 1. The van der Waals surface area contributed by atoms with E-state index in [1.165, 1.54) is 0 Å². The fraction of sp³-hybridized carbons (Fsp3) is 0.0800. The maximum Gasteiger partial charge on any atom is 0.289 e. The molecular formula is C25H21ClN4O2. The number of nitrogens with one attached hydrogen (secondary N) is 2. The van der Waals surface area contributed by atoms with Crippen molar-refractivity contribution in [1.82, 2.24) is 15.6 Å². The first-order chi connectivity index (χ1) is 15.6. The van der Waals surface area contributed by atoms with Crippen molar-refractivity contribution >= 4 is 23.7 Å². The van der Waals surface area contributed by atoms with Crippen molar-refractivity contribution in [2.45, 2.75) is 13.5 Å². The van der Waals surface area contributed by atoms with E-state index in [0.717, 1.165) is 28.0 Å². The van der Waals surface area contributed by atoms with Gasteiger partial charge < -0.3 is 4.74 Å². The van der Waals surface area contributed by atoms with Crippen LogP contribution in [0.25, 0.3) is 11.3 Å². The Morgan fingerprint density at radius 3 is 2.50 bits per heavy atom. The van der Waals surface area contributed by atoms with Gasteiger partial charge in [0.05, 0.1) is 11.9 Å². The summed E-state index contributed by atoms with van der Waals surface area (Å²) in [5.41, 5.74) is 7.44. The summed E-state index contributed by atoms with van der Waals surface area (Å²) in [4.78, 5) is 12.3. The molecule has 3 aromatic carbocycles. The molecule has 0 saturated heterocycles. The second-order valence-electron chi connectivity index (χ2n) is 7.22. The summed E-state index contributed by atoms with van der Waals surface area (Å²) < 4.78 is 5.80. The lowest BCUT2D eigenvalue weighted by molar-refractivity contribution is 0.0950. The number of hydrazone groups is 1. The molecule has 0 radical (unpaired) electrons. The molecule has 1 heterocycles. The van der Waals surface area contributed by atoms with Crippen molar-refractivity contribution in [2.24, 2.45) is 5.10 Å². The summed E-state index contributed by atoms with van der Waals surface area (Å²) in [6.45, 7) is 2.47. The number of carbonyl (C=O) groups is 1. The predicted molar refractivity (Wildman–Crippen MR) is 126 cm³/mol. The van der Waals surface area contributed by atoms with Crippen LogP contribution in [0, 0.1) is 6.92 Å². The monoisotopic (exact) mass is 444 g/mol. The Balaban J connectivity index is 1.33. The molecule has 0 fully saturated rings. The molecule has 0 unspecified atom stereocenters. The third kappa shape index (κ3) is 5.62. The van der Waals surface area contributed by atoms with Gasteiger partial charge in [0.25, 0.3) is 5.91 Å². The van der Waals surface area contributed by atoms with E-state index in [0.29, 0.717) is 23.0 Å². The molecule has 0 bridgehead atoms. The lowest BCUT2D eigenvalue weighted by atomic mass is 10.1. The van der Waals surface area contributed by atoms with Crippen molar-refractivity contribution in [3.05, 3.63) is 106 Å². The van der Waals surface area contributed by atoms with Crippen molar-refractivity contribution in [2.75, 3.05) is 0 Å². The van der Waals surface area contributed by atoms with Gasteiger partial charge in [0, 0.05) is 10.6 Å². The number of halogens is 1. The first kappa shape index (κ1) is 21.3. The van der Waals surface area contributed by atoms with Crippen molar-refractivity contribution in [3.8, 4) is 17.0 Å². The van der Waals surface area contributed by atoms with E-state index in [9.17, 15) is 4.79 Å². The van der Waals surface area contributed by atoms with Gasteiger partial charge in [-0.2, -0.15) is 10.2 Å². The first-order valence-corrected chi connectivity index (χ1v) is 10.4. The van der Waals surface area contributed by atoms with E-state index in [4.69, 9.17) is 16.3 Å². The van der Waals surface area contributed by atoms with Crippen LogP contribution in [0.5, 0.6) is 5.75 Å². The minimum Gasteiger partial charge on any atom is -0.489 e. The number of amides is 1. The molecule has 0 aliphatic rings. The van der Waals surface area contributed by atoms with E-state index in [-0.39, 0.29) is 5.91 Å². The molecule has 4 aromatic rings. The second kappa shape index (κ2) is 9.94. The Hall–Kier alpha value is -3.90. The normalized spacial score (nSPS) is 10.9. The molecule has 1 amide bonds. The average molecular weight is 445 g/mol. The van der Waals surface area contributed by atoms with Crippen LogP contribution >= 0.6 is 11.6 Å². The van der Waals surface area contributed by atoms with Gasteiger partial charge in [0.2, 0.25) is 0 Å². The standard InChI is InChI=1S/C25H21ClN4O2/c1-17-2-4-18(5-3-17)15-27-30-25(31)24-14-23(28-29-24)20-8-12-22(13-9-20)32-16-19-6-10-21(26)11-7-19/h2-15H,16H2,1H3,(H,28,29)(H,30,31)/b27-15-. The predicted octanol–water partition coefficient (Wildman–Crippen LogP) is 5.38. The van der Waals surface area contributed by atoms with E-state index in [1.807, 2.05) is 79.7 Å². The van der Waals surface area contributed by atoms with E-state index in [1.54, 1.807) is 12.3 Å². The largest absolute Gasteiger partial charge is 0.489 e. The van der Waals surface area contributed by atoms with Crippen LogP contribution in [-0.4, -0.2) is 22.3 Å². The van der Waals surface area contributed by atoms with E-state index >= 15 is 0 Å². The molecule has 2 N–H and O–H groups in total. The Morgan fingerprint density at radius 2 is 1.78 bits per heavy atom. The molecule has 6 nitrogen and oxygen atoms in total. The zero-order valence-electron chi connectivity index (χ0n) is 17.4. The van der Waals surface area contributed by atoms with Crippen molar-refractivity contribution in [3.63, 3.8) is 0 Å². The zero-order valence-corrected chi connectivity index (χ0v) is 18.1. The molecule has 32 heavy (non-hydrogen) atoms. The van der Waals surface area contributed by atoms with Crippen LogP contribution < -0.4 is 10.2 Å². The second-order valence-corrected chi connectivity index (χ2v) is 7.65. The first-order valence-electron chi connectivity index (χ1n) is 10.00. The van der Waals surface area contributed by atoms with Gasteiger partial charge in [-0.05, 0) is 60.5 Å². The molecule has 0 spiro atoms. The summed E-state index contributed by atoms with van der Waals surface area (Å²) in [6.07, 6.45) is 1.59. The number of hydrogen-bond acceptors (Lipinski definition) is 4. The summed E-state index contributed by atoms with van der Waals surface area (Å²) in [7, 11) is 0. The van der Waals surface area contributed by atoms with Gasteiger partial charge in [0.15, 0.2) is 0 Å². The SMILES string of the molecule is Cc1ccc(/C=N\NC(=O)c2cc(-c3ccc(OCc4ccc(Cl)cc4)cc3)n[nH]2)cc1. The van der Waals surface area contributed by atoms with Crippen molar-refractivity contribution in [1.29, 1.82) is 0 Å². The lowest BCUT2D eigenvalue weighted by Crippen LogP contribution is -2.17. The van der Waals surface area contributed by atoms with E-state index < -0.39 is 0 Å². The molecular weight excluding hydrogens is 424 g/mol. The minimum absolute atomic E-state index is 0.323. The topological polar surface area (TPSA) is 79.4 Å². The maximum absolute atomic E-state index is 12.3. The highest BCUT2D eigenvalue weighted by molar-refractivity contribution is 6.30. The number of carbonyl (C=O) groups excluding carboxylic acids is 1. The number of rotatable bonds is 7. The number of aromatic nitrogens is 2. The highest BCUT2D eigenvalue weighted by atomic mass is 35.5. The van der Waals surface area contributed by atoms with Gasteiger partial charge in [-0.1, -0.05) is 53.6 Å². The van der Waals surface area contributed by atoms with Crippen LogP contribution in [0.1, 0.15) is 27.2 Å². The molecule has 0 atom stereocenters. The smallest absolute Gasteiger partial charge is 0.289 e. The number of benzene rings is 3. The highest BCUT2D eigenvalue weighted by Crippen LogP contribution is 2.22. The molecule has 1 aromatic heterocycles. The molecule has 160 valence electrons. The van der Waals surface area contributed by atoms with E-state index in [2.05, 4.69) is 20.7 Å². The quantitative estimate of drug-likeness (QED) is 0.296. The fourth-order valence-electron chi connectivity index (χ4n) is 2.93. The Morgan fingerprint density at radius 1 is 1.06 bits per heavy atom. The molecule has 0 aliphatic heterocycles.